The van der Waals surface area contributed by atoms with Gasteiger partial charge in [0.25, 0.3) is 5.91 Å². The molecule has 0 N–H and O–H groups in total. The highest BCUT2D eigenvalue weighted by atomic mass is 32.1. The van der Waals surface area contributed by atoms with E-state index in [1.54, 1.807) is 23.2 Å². The van der Waals surface area contributed by atoms with Crippen LogP contribution in [0.3, 0.4) is 0 Å². The summed E-state index contributed by atoms with van der Waals surface area (Å²) in [6.45, 7) is 1.05. The van der Waals surface area contributed by atoms with Crippen LogP contribution in [-0.2, 0) is 0 Å². The highest BCUT2D eigenvalue weighted by Gasteiger charge is 2.33. The van der Waals surface area contributed by atoms with Gasteiger partial charge in [0.15, 0.2) is 0 Å². The van der Waals surface area contributed by atoms with E-state index in [0.717, 1.165) is 4.88 Å². The van der Waals surface area contributed by atoms with Crippen molar-refractivity contribution in [2.75, 3.05) is 13.1 Å². The molecular formula is C14H11N3O2S. The van der Waals surface area contributed by atoms with Crippen molar-refractivity contribution in [3.05, 3.63) is 46.3 Å². The molecule has 20 heavy (non-hydrogen) atoms. The summed E-state index contributed by atoms with van der Waals surface area (Å²) in [6, 6.07) is 9.07. The fraction of sp³-hybridized carbons (Fsp3) is 0.214. The molecule has 2 aromatic rings. The Morgan fingerprint density at radius 3 is 3.00 bits per heavy atom. The van der Waals surface area contributed by atoms with E-state index in [1.165, 1.54) is 11.3 Å². The lowest BCUT2D eigenvalue weighted by Gasteiger charge is -2.38. The molecule has 5 nitrogen and oxygen atoms in total. The number of hydrogen-bond acceptors (Lipinski definition) is 5. The number of carbonyl (C=O) groups is 1. The number of nitrogens with zero attached hydrogens (tertiary/aromatic N) is 3. The third kappa shape index (κ3) is 2.36. The smallest absolute Gasteiger partial charge is 0.264 e. The van der Waals surface area contributed by atoms with E-state index in [-0.39, 0.29) is 12.0 Å². The van der Waals surface area contributed by atoms with Crippen LogP contribution < -0.4 is 4.74 Å². The van der Waals surface area contributed by atoms with Crippen molar-refractivity contribution in [1.29, 1.82) is 5.26 Å². The zero-order valence-electron chi connectivity index (χ0n) is 10.5. The van der Waals surface area contributed by atoms with Crippen molar-refractivity contribution in [3.63, 3.8) is 0 Å². The number of pyridine rings is 1. The number of nitriles is 1. The Morgan fingerprint density at radius 1 is 1.45 bits per heavy atom. The number of carbonyl (C=O) groups excluding carboxylic acids is 1. The van der Waals surface area contributed by atoms with Gasteiger partial charge >= 0.3 is 0 Å². The molecule has 0 spiro atoms. The van der Waals surface area contributed by atoms with Gasteiger partial charge in [-0.15, -0.1) is 11.3 Å². The predicted octanol–water partition coefficient (Wildman–Crippen LogP) is 1.92. The Labute approximate surface area is 120 Å². The number of amides is 1. The highest BCUT2D eigenvalue weighted by molar-refractivity contribution is 7.12. The van der Waals surface area contributed by atoms with Crippen LogP contribution in [0.25, 0.3) is 0 Å². The van der Waals surface area contributed by atoms with Gasteiger partial charge in [-0.05, 0) is 23.6 Å². The molecule has 1 amide bonds. The summed E-state index contributed by atoms with van der Waals surface area (Å²) < 4.78 is 5.65. The predicted molar refractivity (Wildman–Crippen MR) is 73.6 cm³/mol. The molecule has 3 rings (SSSR count). The van der Waals surface area contributed by atoms with Crippen molar-refractivity contribution in [1.82, 2.24) is 9.88 Å². The minimum absolute atomic E-state index is 0.0291. The molecule has 6 heteroatoms. The van der Waals surface area contributed by atoms with E-state index in [1.807, 2.05) is 23.6 Å². The third-order valence-electron chi connectivity index (χ3n) is 3.04. The first-order valence-corrected chi connectivity index (χ1v) is 7.00. The average Bonchev–Trinajstić information content (AvgIpc) is 2.96. The zero-order chi connectivity index (χ0) is 13.9. The van der Waals surface area contributed by atoms with Gasteiger partial charge in [-0.3, -0.25) is 4.79 Å². The number of ether oxygens (including phenoxy) is 1. The maximum Gasteiger partial charge on any atom is 0.264 e. The molecule has 0 aromatic carbocycles. The summed E-state index contributed by atoms with van der Waals surface area (Å²) in [5.74, 6) is 0.365. The van der Waals surface area contributed by atoms with E-state index >= 15 is 0 Å². The van der Waals surface area contributed by atoms with Crippen LogP contribution in [0.1, 0.15) is 15.2 Å². The van der Waals surface area contributed by atoms with Crippen molar-refractivity contribution in [2.24, 2.45) is 0 Å². The van der Waals surface area contributed by atoms with Crippen LogP contribution in [0.2, 0.25) is 0 Å². The van der Waals surface area contributed by atoms with Gasteiger partial charge in [0.1, 0.15) is 17.7 Å². The third-order valence-corrected chi connectivity index (χ3v) is 3.89. The van der Waals surface area contributed by atoms with Gasteiger partial charge in [0.2, 0.25) is 5.88 Å². The Kier molecular flexibility index (Phi) is 3.35. The van der Waals surface area contributed by atoms with Gasteiger partial charge in [0, 0.05) is 6.20 Å². The lowest BCUT2D eigenvalue weighted by molar-refractivity contribution is 0.0162. The lowest BCUT2D eigenvalue weighted by Crippen LogP contribution is -2.56. The molecule has 0 saturated carbocycles. The van der Waals surface area contributed by atoms with Crippen LogP contribution in [0.15, 0.2) is 35.8 Å². The van der Waals surface area contributed by atoms with Crippen molar-refractivity contribution < 1.29 is 9.53 Å². The van der Waals surface area contributed by atoms with Crippen molar-refractivity contribution in [3.8, 4) is 11.9 Å². The van der Waals surface area contributed by atoms with Gasteiger partial charge in [0.05, 0.1) is 18.0 Å². The van der Waals surface area contributed by atoms with E-state index in [0.29, 0.717) is 24.5 Å². The van der Waals surface area contributed by atoms with Crippen LogP contribution in [-0.4, -0.2) is 35.0 Å². The van der Waals surface area contributed by atoms with Crippen molar-refractivity contribution >= 4 is 17.2 Å². The molecule has 0 bridgehead atoms. The molecule has 1 saturated heterocycles. The van der Waals surface area contributed by atoms with Gasteiger partial charge < -0.3 is 9.64 Å². The van der Waals surface area contributed by atoms with E-state index < -0.39 is 0 Å². The number of rotatable bonds is 3. The first-order valence-electron chi connectivity index (χ1n) is 6.12. The second-order valence-electron chi connectivity index (χ2n) is 4.40. The molecule has 3 heterocycles. The van der Waals surface area contributed by atoms with E-state index in [4.69, 9.17) is 10.00 Å². The summed E-state index contributed by atoms with van der Waals surface area (Å²) in [7, 11) is 0. The number of hydrogen-bond donors (Lipinski definition) is 0. The maximum atomic E-state index is 12.0. The Balaban J connectivity index is 1.59. The zero-order valence-corrected chi connectivity index (χ0v) is 11.3. The normalized spacial score (nSPS) is 14.4. The van der Waals surface area contributed by atoms with Gasteiger partial charge in [-0.2, -0.15) is 5.26 Å². The van der Waals surface area contributed by atoms with Crippen LogP contribution in [0, 0.1) is 11.3 Å². The summed E-state index contributed by atoms with van der Waals surface area (Å²) in [6.07, 6.45) is 1.49. The molecule has 2 aromatic heterocycles. The Bertz CT molecular complexity index is 657. The molecular weight excluding hydrogens is 274 g/mol. The fourth-order valence-electron chi connectivity index (χ4n) is 1.96. The van der Waals surface area contributed by atoms with Crippen LogP contribution in [0.5, 0.6) is 5.88 Å². The van der Waals surface area contributed by atoms with E-state index in [2.05, 4.69) is 4.98 Å². The summed E-state index contributed by atoms with van der Waals surface area (Å²) in [5.41, 5.74) is 0.413. The van der Waals surface area contributed by atoms with Gasteiger partial charge in [-0.25, -0.2) is 4.98 Å². The Morgan fingerprint density at radius 2 is 2.30 bits per heavy atom. The molecule has 0 radical (unpaired) electrons. The molecule has 0 aliphatic carbocycles. The van der Waals surface area contributed by atoms with Crippen molar-refractivity contribution in [2.45, 2.75) is 6.10 Å². The Hall–Kier alpha value is -2.39. The van der Waals surface area contributed by atoms with Crippen LogP contribution in [0.4, 0.5) is 0 Å². The summed E-state index contributed by atoms with van der Waals surface area (Å²) in [4.78, 5) is 18.5. The lowest BCUT2D eigenvalue weighted by atomic mass is 10.1. The average molecular weight is 285 g/mol. The summed E-state index contributed by atoms with van der Waals surface area (Å²) in [5, 5.41) is 10.8. The monoisotopic (exact) mass is 285 g/mol. The standard InChI is InChI=1S/C14H11N3O2S/c15-7-10-3-1-5-16-13(10)19-11-8-17(9-11)14(18)12-4-2-6-20-12/h1-6,11H,8-9H2. The topological polar surface area (TPSA) is 66.2 Å². The largest absolute Gasteiger partial charge is 0.470 e. The SMILES string of the molecule is N#Cc1cccnc1OC1CN(C(=O)c2cccs2)C1. The second kappa shape index (κ2) is 5.31. The van der Waals surface area contributed by atoms with Crippen LogP contribution >= 0.6 is 11.3 Å². The number of aromatic nitrogens is 1. The first-order chi connectivity index (χ1) is 9.78. The highest BCUT2D eigenvalue weighted by Crippen LogP contribution is 2.22. The molecule has 1 aliphatic heterocycles. The maximum absolute atomic E-state index is 12.0. The second-order valence-corrected chi connectivity index (χ2v) is 5.34. The molecule has 0 atom stereocenters. The van der Waals surface area contributed by atoms with Gasteiger partial charge in [-0.1, -0.05) is 6.07 Å². The van der Waals surface area contributed by atoms with E-state index in [9.17, 15) is 4.79 Å². The molecule has 0 unspecified atom stereocenters. The number of thiophene rings is 1. The number of likely N-dealkylation sites (tertiary alicyclic amines) is 1. The summed E-state index contributed by atoms with van der Waals surface area (Å²) >= 11 is 1.43. The minimum Gasteiger partial charge on any atom is -0.470 e. The quantitative estimate of drug-likeness (QED) is 0.864. The first kappa shape index (κ1) is 12.6. The molecule has 100 valence electrons. The molecule has 1 aliphatic rings. The molecule has 1 fully saturated rings. The minimum atomic E-state index is -0.0964. The fourth-order valence-corrected chi connectivity index (χ4v) is 2.65.